The van der Waals surface area contributed by atoms with E-state index in [-0.39, 0.29) is 30.8 Å². The molecule has 0 radical (unpaired) electrons. The molecule has 17 nitrogen and oxygen atoms in total. The van der Waals surface area contributed by atoms with Gasteiger partial charge in [-0.3, -0.25) is 14.4 Å². The van der Waals surface area contributed by atoms with Crippen LogP contribution in [0.3, 0.4) is 0 Å². The molecule has 4 N–H and O–H groups in total. The van der Waals surface area contributed by atoms with Crippen molar-refractivity contribution in [1.82, 2.24) is 10.6 Å². The maximum atomic E-state index is 12.1. The molecule has 0 aromatic rings. The molecule has 0 heterocycles. The predicted molar refractivity (Wildman–Crippen MR) is 192 cm³/mol. The Hall–Kier alpha value is -2.03. The standard InChI is InChI=1S/C35H69N3O14/c1-35(2,3)52-33(40)9-7-11-38-34(41)31(36)8-5-6-10-37-32(39)30-51-29-28-50-27-26-49-25-24-48-23-22-47-21-20-46-19-18-45-17-16-44-15-14-43-13-12-42-4/h31H,5-30,36H2,1-4H3,(H,37,39)(H,38,41)/t31-/m0/s1. The number of nitrogens with two attached hydrogens (primary N) is 1. The second-order valence-corrected chi connectivity index (χ2v) is 12.4. The third-order valence-corrected chi connectivity index (χ3v) is 6.52. The first-order chi connectivity index (χ1) is 25.2. The fraction of sp³-hybridized carbons (Fsp3) is 0.914. The molecule has 1 atom stereocenters. The zero-order valence-corrected chi connectivity index (χ0v) is 32.3. The summed E-state index contributed by atoms with van der Waals surface area (Å²) in [5.41, 5.74) is 5.41. The van der Waals surface area contributed by atoms with Gasteiger partial charge in [0.1, 0.15) is 12.2 Å². The van der Waals surface area contributed by atoms with Crippen molar-refractivity contribution in [3.63, 3.8) is 0 Å². The van der Waals surface area contributed by atoms with Crippen molar-refractivity contribution in [2.24, 2.45) is 5.73 Å². The lowest BCUT2D eigenvalue weighted by Gasteiger charge is -2.19. The maximum Gasteiger partial charge on any atom is 0.306 e. The minimum absolute atomic E-state index is 0.0572. The molecule has 0 aliphatic carbocycles. The number of carbonyl (C=O) groups is 3. The highest BCUT2D eigenvalue weighted by Crippen LogP contribution is 2.09. The molecule has 0 bridgehead atoms. The van der Waals surface area contributed by atoms with Crippen molar-refractivity contribution in [3.05, 3.63) is 0 Å². The van der Waals surface area contributed by atoms with Crippen LogP contribution < -0.4 is 16.4 Å². The number of hydrogen-bond acceptors (Lipinski definition) is 15. The highest BCUT2D eigenvalue weighted by molar-refractivity contribution is 5.81. The zero-order chi connectivity index (χ0) is 38.4. The van der Waals surface area contributed by atoms with Crippen molar-refractivity contribution in [2.45, 2.75) is 64.5 Å². The number of amides is 2. The average Bonchev–Trinajstić information content (AvgIpc) is 3.10. The summed E-state index contributed by atoms with van der Waals surface area (Å²) >= 11 is 0. The Morgan fingerprint density at radius 2 is 0.923 bits per heavy atom. The fourth-order valence-electron chi connectivity index (χ4n) is 3.93. The van der Waals surface area contributed by atoms with E-state index in [1.54, 1.807) is 7.11 Å². The van der Waals surface area contributed by atoms with Crippen LogP contribution in [-0.2, 0) is 66.5 Å². The van der Waals surface area contributed by atoms with Crippen LogP contribution in [0.25, 0.3) is 0 Å². The summed E-state index contributed by atoms with van der Waals surface area (Å²) in [5, 5.41) is 5.52. The fourth-order valence-corrected chi connectivity index (χ4v) is 3.93. The Morgan fingerprint density at radius 1 is 0.538 bits per heavy atom. The highest BCUT2D eigenvalue weighted by atomic mass is 16.6. The van der Waals surface area contributed by atoms with Gasteiger partial charge in [0.05, 0.1) is 125 Å². The second kappa shape index (κ2) is 37.3. The smallest absolute Gasteiger partial charge is 0.306 e. The van der Waals surface area contributed by atoms with Gasteiger partial charge in [-0.25, -0.2) is 0 Å². The number of unbranched alkanes of at least 4 members (excludes halogenated alkanes) is 1. The van der Waals surface area contributed by atoms with Crippen LogP contribution in [0.4, 0.5) is 0 Å². The number of ether oxygens (including phenoxy) is 11. The summed E-state index contributed by atoms with van der Waals surface area (Å²) in [5.74, 6) is -0.767. The molecule has 0 saturated heterocycles. The van der Waals surface area contributed by atoms with Crippen LogP contribution in [0.1, 0.15) is 52.9 Å². The molecule has 0 saturated carbocycles. The molecule has 0 aromatic carbocycles. The van der Waals surface area contributed by atoms with E-state index in [0.717, 1.165) is 0 Å². The largest absolute Gasteiger partial charge is 0.460 e. The Bertz CT molecular complexity index is 835. The van der Waals surface area contributed by atoms with Gasteiger partial charge in [-0.1, -0.05) is 0 Å². The van der Waals surface area contributed by atoms with Gasteiger partial charge in [0.15, 0.2) is 0 Å². The Kier molecular flexibility index (Phi) is 35.8. The number of carbonyl (C=O) groups excluding carboxylic acids is 3. The van der Waals surface area contributed by atoms with E-state index in [2.05, 4.69) is 10.6 Å². The Labute approximate surface area is 310 Å². The SMILES string of the molecule is COCCOCCOCCOCCOCCOCCOCCOCCOCCOCC(=O)NCCCC[C@H](N)C(=O)NCCCC(=O)OC(C)(C)C. The molecule has 0 spiro atoms. The average molecular weight is 756 g/mol. The normalized spacial score (nSPS) is 12.2. The number of methoxy groups -OCH3 is 1. The van der Waals surface area contributed by atoms with E-state index in [9.17, 15) is 14.4 Å². The number of hydrogen-bond donors (Lipinski definition) is 3. The van der Waals surface area contributed by atoms with Crippen molar-refractivity contribution < 1.29 is 66.5 Å². The van der Waals surface area contributed by atoms with E-state index in [4.69, 9.17) is 57.8 Å². The molecule has 17 heteroatoms. The lowest BCUT2D eigenvalue weighted by molar-refractivity contribution is -0.155. The van der Waals surface area contributed by atoms with Crippen molar-refractivity contribution in [2.75, 3.05) is 146 Å². The summed E-state index contributed by atoms with van der Waals surface area (Å²) in [6, 6.07) is -0.639. The van der Waals surface area contributed by atoms with E-state index in [0.29, 0.717) is 158 Å². The maximum absolute atomic E-state index is 12.1. The van der Waals surface area contributed by atoms with E-state index >= 15 is 0 Å². The molecule has 2 amide bonds. The topological polar surface area (TPSA) is 203 Å². The summed E-state index contributed by atoms with van der Waals surface area (Å²) in [6.07, 6.45) is 2.58. The Balaban J connectivity index is 3.32. The second-order valence-electron chi connectivity index (χ2n) is 12.4. The molecular weight excluding hydrogens is 686 g/mol. The van der Waals surface area contributed by atoms with E-state index in [1.807, 2.05) is 20.8 Å². The van der Waals surface area contributed by atoms with Gasteiger partial charge in [0, 0.05) is 26.6 Å². The van der Waals surface area contributed by atoms with Gasteiger partial charge in [-0.05, 0) is 46.5 Å². The van der Waals surface area contributed by atoms with Crippen LogP contribution in [0.5, 0.6) is 0 Å². The summed E-state index contributed by atoms with van der Waals surface area (Å²) in [4.78, 5) is 35.7. The van der Waals surface area contributed by atoms with Gasteiger partial charge < -0.3 is 68.5 Å². The minimum Gasteiger partial charge on any atom is -0.460 e. The third kappa shape index (κ3) is 39.2. The lowest BCUT2D eigenvalue weighted by atomic mass is 10.1. The summed E-state index contributed by atoms with van der Waals surface area (Å²) in [7, 11) is 1.64. The molecule has 0 unspecified atom stereocenters. The zero-order valence-electron chi connectivity index (χ0n) is 32.3. The molecule has 308 valence electrons. The van der Waals surface area contributed by atoms with Crippen LogP contribution in [-0.4, -0.2) is 175 Å². The van der Waals surface area contributed by atoms with Crippen LogP contribution >= 0.6 is 0 Å². The van der Waals surface area contributed by atoms with E-state index < -0.39 is 11.6 Å². The van der Waals surface area contributed by atoms with E-state index in [1.165, 1.54) is 0 Å². The monoisotopic (exact) mass is 755 g/mol. The van der Waals surface area contributed by atoms with Gasteiger partial charge in [-0.2, -0.15) is 0 Å². The predicted octanol–water partition coefficient (Wildman–Crippen LogP) is 0.634. The lowest BCUT2D eigenvalue weighted by Crippen LogP contribution is -2.41. The van der Waals surface area contributed by atoms with Crippen LogP contribution in [0, 0.1) is 0 Å². The third-order valence-electron chi connectivity index (χ3n) is 6.52. The van der Waals surface area contributed by atoms with Gasteiger partial charge in [0.2, 0.25) is 11.8 Å². The highest BCUT2D eigenvalue weighted by Gasteiger charge is 2.16. The molecular formula is C35H69N3O14. The quantitative estimate of drug-likeness (QED) is 0.0582. The van der Waals surface area contributed by atoms with Crippen molar-refractivity contribution >= 4 is 17.8 Å². The molecule has 0 fully saturated rings. The van der Waals surface area contributed by atoms with Crippen LogP contribution in [0.2, 0.25) is 0 Å². The van der Waals surface area contributed by atoms with Gasteiger partial charge >= 0.3 is 5.97 Å². The van der Waals surface area contributed by atoms with Crippen LogP contribution in [0.15, 0.2) is 0 Å². The molecule has 52 heavy (non-hydrogen) atoms. The number of rotatable bonds is 39. The first kappa shape index (κ1) is 50.0. The van der Waals surface area contributed by atoms with Gasteiger partial charge in [-0.15, -0.1) is 0 Å². The number of esters is 1. The molecule has 0 aliphatic heterocycles. The van der Waals surface area contributed by atoms with Crippen molar-refractivity contribution in [3.8, 4) is 0 Å². The minimum atomic E-state index is -0.639. The first-order valence-corrected chi connectivity index (χ1v) is 18.4. The Morgan fingerprint density at radius 3 is 1.33 bits per heavy atom. The summed E-state index contributed by atoms with van der Waals surface area (Å²) in [6.45, 7) is 14.8. The molecule has 0 aromatic heterocycles. The summed E-state index contributed by atoms with van der Waals surface area (Å²) < 4.78 is 58.8. The molecule has 0 aliphatic rings. The molecule has 0 rings (SSSR count). The number of nitrogens with one attached hydrogen (secondary N) is 2. The van der Waals surface area contributed by atoms with Gasteiger partial charge in [0.25, 0.3) is 0 Å². The van der Waals surface area contributed by atoms with Crippen molar-refractivity contribution in [1.29, 1.82) is 0 Å². The first-order valence-electron chi connectivity index (χ1n) is 18.4.